The second-order valence-electron chi connectivity index (χ2n) is 3.87. The molecular weight excluding hydrogens is 193 g/mol. The molecule has 1 atom stereocenters. The Morgan fingerprint density at radius 1 is 1.12 bits per heavy atom. The van der Waals surface area contributed by atoms with Gasteiger partial charge in [0.25, 0.3) is 0 Å². The van der Waals surface area contributed by atoms with Crippen molar-refractivity contribution < 1.29 is 0 Å². The van der Waals surface area contributed by atoms with E-state index in [1.807, 2.05) is 31.3 Å². The van der Waals surface area contributed by atoms with Gasteiger partial charge in [-0.25, -0.2) is 0 Å². The number of rotatable bonds is 2. The third-order valence-corrected chi connectivity index (χ3v) is 2.81. The van der Waals surface area contributed by atoms with Crippen LogP contribution in [0.15, 0.2) is 41.4 Å². The van der Waals surface area contributed by atoms with E-state index in [1.165, 1.54) is 10.9 Å². The molecule has 2 radical (unpaired) electrons. The number of hydrogen-bond acceptors (Lipinski definition) is 1. The Balaban J connectivity index is 2.67. The molecule has 0 spiro atoms. The predicted octanol–water partition coefficient (Wildman–Crippen LogP) is 2.79. The first-order valence-corrected chi connectivity index (χ1v) is 5.49. The monoisotopic (exact) mass is 207 g/mol. The van der Waals surface area contributed by atoms with Crippen LogP contribution >= 0.6 is 0 Å². The molecule has 0 aliphatic carbocycles. The summed E-state index contributed by atoms with van der Waals surface area (Å²) in [6.45, 7) is 4.04. The largest absolute Gasteiger partial charge is 0.290 e. The highest BCUT2D eigenvalue weighted by atomic mass is 14.7. The maximum Gasteiger partial charge on any atom is 0.114 e. The number of hydrogen-bond donors (Lipinski definition) is 0. The van der Waals surface area contributed by atoms with Crippen molar-refractivity contribution in [3.05, 3.63) is 42.0 Å². The Hall–Kier alpha value is -1.57. The van der Waals surface area contributed by atoms with Crippen LogP contribution in [0.25, 0.3) is 10.8 Å². The minimum absolute atomic E-state index is 0.176. The lowest BCUT2D eigenvalue weighted by Gasteiger charge is -2.12. The van der Waals surface area contributed by atoms with Gasteiger partial charge in [-0.1, -0.05) is 41.9 Å². The normalized spacial score (nSPS) is 13.4. The van der Waals surface area contributed by atoms with Crippen LogP contribution in [0.5, 0.6) is 0 Å². The van der Waals surface area contributed by atoms with Crippen LogP contribution in [0.4, 0.5) is 0 Å². The molecule has 0 fully saturated rings. The van der Waals surface area contributed by atoms with E-state index in [1.54, 1.807) is 0 Å². The highest BCUT2D eigenvalue weighted by molar-refractivity contribution is 6.38. The van der Waals surface area contributed by atoms with E-state index >= 15 is 0 Å². The van der Waals surface area contributed by atoms with E-state index < -0.39 is 0 Å². The van der Waals surface area contributed by atoms with Crippen molar-refractivity contribution in [3.63, 3.8) is 0 Å². The van der Waals surface area contributed by atoms with Gasteiger partial charge in [-0.3, -0.25) is 4.99 Å². The Bertz CT molecular complexity index is 531. The first-order chi connectivity index (χ1) is 7.74. The number of benzene rings is 2. The molecule has 0 heterocycles. The van der Waals surface area contributed by atoms with E-state index in [4.69, 9.17) is 7.85 Å². The molecule has 0 saturated heterocycles. The zero-order valence-electron chi connectivity index (χ0n) is 9.64. The zero-order valence-corrected chi connectivity index (χ0v) is 9.64. The van der Waals surface area contributed by atoms with Gasteiger partial charge in [0.1, 0.15) is 7.85 Å². The van der Waals surface area contributed by atoms with Crippen molar-refractivity contribution in [2.24, 2.45) is 4.99 Å². The van der Waals surface area contributed by atoms with Gasteiger partial charge in [-0.2, -0.15) is 0 Å². The van der Waals surface area contributed by atoms with Gasteiger partial charge >= 0.3 is 0 Å². The van der Waals surface area contributed by atoms with Crippen molar-refractivity contribution in [3.8, 4) is 0 Å². The average Bonchev–Trinajstić information content (AvgIpc) is 2.30. The van der Waals surface area contributed by atoms with Gasteiger partial charge in [0, 0.05) is 0 Å². The molecule has 2 heteroatoms. The number of fused-ring (bicyclic) bond motifs is 1. The molecule has 0 N–H and O–H groups in total. The fraction of sp³-hybridized carbons (Fsp3) is 0.214. The van der Waals surface area contributed by atoms with Crippen molar-refractivity contribution in [1.82, 2.24) is 0 Å². The molecule has 1 nitrogen and oxygen atoms in total. The lowest BCUT2D eigenvalue weighted by molar-refractivity contribution is 0.833. The van der Waals surface area contributed by atoms with Crippen molar-refractivity contribution in [1.29, 1.82) is 0 Å². The summed E-state index contributed by atoms with van der Waals surface area (Å²) in [6.07, 6.45) is 1.84. The molecule has 16 heavy (non-hydrogen) atoms. The molecule has 0 saturated carbocycles. The molecule has 0 bridgehead atoms. The summed E-state index contributed by atoms with van der Waals surface area (Å²) in [5.74, 6) is 0. The fourth-order valence-electron chi connectivity index (χ4n) is 2.01. The van der Waals surface area contributed by atoms with Crippen LogP contribution in [0, 0.1) is 0 Å². The molecule has 0 amide bonds. The van der Waals surface area contributed by atoms with Crippen LogP contribution < -0.4 is 5.46 Å². The summed E-state index contributed by atoms with van der Waals surface area (Å²) in [6, 6.07) is 12.4. The molecule has 2 rings (SSSR count). The Labute approximate surface area is 97.6 Å². The quantitative estimate of drug-likeness (QED) is 0.530. The third-order valence-electron chi connectivity index (χ3n) is 2.81. The molecule has 0 unspecified atom stereocenters. The molecule has 78 valence electrons. The Morgan fingerprint density at radius 2 is 1.81 bits per heavy atom. The topological polar surface area (TPSA) is 12.4 Å². The highest BCUT2D eigenvalue weighted by Gasteiger charge is 2.07. The lowest BCUT2D eigenvalue weighted by atomic mass is 9.87. The van der Waals surface area contributed by atoms with Crippen molar-refractivity contribution >= 4 is 30.3 Å². The summed E-state index contributed by atoms with van der Waals surface area (Å²) in [7, 11) is 5.96. The van der Waals surface area contributed by atoms with Crippen molar-refractivity contribution in [2.45, 2.75) is 19.9 Å². The molecule has 0 aromatic heterocycles. The summed E-state index contributed by atoms with van der Waals surface area (Å²) in [5, 5.41) is 2.30. The maximum absolute atomic E-state index is 5.96. The van der Waals surface area contributed by atoms with Gasteiger partial charge in [0.15, 0.2) is 0 Å². The first kappa shape index (κ1) is 10.9. The standard InChI is InChI=1S/C14H14BN/c1-3-16-10(2)11-8-9-14(15)13-7-5-4-6-12(11)13/h3-10H,1-2H3/t10-/m1/s1. The van der Waals surface area contributed by atoms with Gasteiger partial charge in [0.2, 0.25) is 0 Å². The molecule has 0 aliphatic rings. The summed E-state index contributed by atoms with van der Waals surface area (Å²) in [4.78, 5) is 4.41. The minimum atomic E-state index is 0.176. The fourth-order valence-corrected chi connectivity index (χ4v) is 2.01. The third kappa shape index (κ3) is 1.88. The van der Waals surface area contributed by atoms with Gasteiger partial charge in [-0.05, 0) is 36.4 Å². The van der Waals surface area contributed by atoms with E-state index in [9.17, 15) is 0 Å². The second-order valence-corrected chi connectivity index (χ2v) is 3.87. The average molecular weight is 207 g/mol. The summed E-state index contributed by atoms with van der Waals surface area (Å²) in [5.41, 5.74) is 2.05. The lowest BCUT2D eigenvalue weighted by Crippen LogP contribution is -2.05. The van der Waals surface area contributed by atoms with Gasteiger partial charge in [0.05, 0.1) is 6.04 Å². The van der Waals surface area contributed by atoms with Gasteiger partial charge in [-0.15, -0.1) is 0 Å². The number of nitrogens with zero attached hydrogens (tertiary/aromatic N) is 1. The highest BCUT2D eigenvalue weighted by Crippen LogP contribution is 2.24. The molecule has 0 aliphatic heterocycles. The Morgan fingerprint density at radius 3 is 2.50 bits per heavy atom. The van der Waals surface area contributed by atoms with E-state index in [2.05, 4.69) is 30.1 Å². The minimum Gasteiger partial charge on any atom is -0.290 e. The number of aliphatic imine (C=N–C) groups is 1. The predicted molar refractivity (Wildman–Crippen MR) is 71.9 cm³/mol. The van der Waals surface area contributed by atoms with Gasteiger partial charge < -0.3 is 0 Å². The van der Waals surface area contributed by atoms with Crippen LogP contribution in [-0.4, -0.2) is 14.1 Å². The summed E-state index contributed by atoms with van der Waals surface area (Å²) < 4.78 is 0. The zero-order chi connectivity index (χ0) is 11.5. The van der Waals surface area contributed by atoms with Crippen LogP contribution in [0.1, 0.15) is 25.5 Å². The molecule has 2 aromatic carbocycles. The van der Waals surface area contributed by atoms with E-state index in [0.717, 1.165) is 10.8 Å². The van der Waals surface area contributed by atoms with Crippen LogP contribution in [-0.2, 0) is 0 Å². The molecular formula is C14H14BN. The molecule has 2 aromatic rings. The van der Waals surface area contributed by atoms with E-state index in [-0.39, 0.29) is 6.04 Å². The first-order valence-electron chi connectivity index (χ1n) is 5.49. The van der Waals surface area contributed by atoms with Crippen LogP contribution in [0.3, 0.4) is 0 Å². The smallest absolute Gasteiger partial charge is 0.114 e. The SMILES string of the molecule is [B]c1ccc([C@@H](C)N=CC)c2ccccc12. The van der Waals surface area contributed by atoms with Crippen LogP contribution in [0.2, 0.25) is 0 Å². The second kappa shape index (κ2) is 4.52. The van der Waals surface area contributed by atoms with Crippen molar-refractivity contribution in [2.75, 3.05) is 0 Å². The Kier molecular flexibility index (Phi) is 3.09. The summed E-state index contributed by atoms with van der Waals surface area (Å²) >= 11 is 0. The van der Waals surface area contributed by atoms with E-state index in [0.29, 0.717) is 0 Å². The maximum atomic E-state index is 5.96.